The van der Waals surface area contributed by atoms with Crippen molar-refractivity contribution in [3.63, 3.8) is 0 Å². The lowest BCUT2D eigenvalue weighted by atomic mass is 10.3. The molecule has 1 saturated heterocycles. The molecule has 1 aliphatic rings. The molecular formula is C19H19FN4O5S2. The summed E-state index contributed by atoms with van der Waals surface area (Å²) in [5, 5.41) is 8.16. The van der Waals surface area contributed by atoms with Crippen molar-refractivity contribution in [2.45, 2.75) is 17.0 Å². The van der Waals surface area contributed by atoms with Crippen LogP contribution in [0.1, 0.15) is 5.76 Å². The molecule has 0 radical (unpaired) electrons. The number of nitrogens with zero attached hydrogens (tertiary/aromatic N) is 4. The van der Waals surface area contributed by atoms with Crippen LogP contribution in [0.15, 0.2) is 55.5 Å². The summed E-state index contributed by atoms with van der Waals surface area (Å²) in [7, 11) is -3.72. The first kappa shape index (κ1) is 21.5. The third-order valence-corrected chi connectivity index (χ3v) is 7.57. The summed E-state index contributed by atoms with van der Waals surface area (Å²) in [5.74, 6) is 0.422. The summed E-state index contributed by atoms with van der Waals surface area (Å²) in [6.45, 7) is 2.65. The fourth-order valence-electron chi connectivity index (χ4n) is 3.13. The van der Waals surface area contributed by atoms with E-state index in [0.717, 1.165) is 23.9 Å². The van der Waals surface area contributed by atoms with Gasteiger partial charge in [0.2, 0.25) is 15.9 Å². The summed E-state index contributed by atoms with van der Waals surface area (Å²) in [6.07, 6.45) is 1.53. The van der Waals surface area contributed by atoms with Crippen molar-refractivity contribution in [2.75, 3.05) is 31.9 Å². The molecule has 2 aromatic heterocycles. The topological polar surface area (TPSA) is 110 Å². The number of amides is 1. The van der Waals surface area contributed by atoms with Gasteiger partial charge in [0.25, 0.3) is 11.1 Å². The van der Waals surface area contributed by atoms with Crippen LogP contribution in [0.2, 0.25) is 0 Å². The van der Waals surface area contributed by atoms with E-state index in [1.54, 1.807) is 17.9 Å². The van der Waals surface area contributed by atoms with Gasteiger partial charge < -0.3 is 13.7 Å². The normalized spacial score (nSPS) is 15.4. The van der Waals surface area contributed by atoms with Crippen molar-refractivity contribution in [2.24, 2.45) is 0 Å². The summed E-state index contributed by atoms with van der Waals surface area (Å²) in [5.41, 5.74) is 0.698. The van der Waals surface area contributed by atoms with Gasteiger partial charge in [0.1, 0.15) is 11.6 Å². The van der Waals surface area contributed by atoms with Crippen LogP contribution in [-0.4, -0.2) is 65.7 Å². The number of rotatable bonds is 6. The number of carbonyl (C=O) groups is 1. The Balaban J connectivity index is 1.30. The number of hydrogen-bond donors (Lipinski definition) is 0. The highest BCUT2D eigenvalue weighted by atomic mass is 32.2. The van der Waals surface area contributed by atoms with Crippen LogP contribution < -0.4 is 0 Å². The van der Waals surface area contributed by atoms with E-state index in [2.05, 4.69) is 10.2 Å². The molecule has 1 aliphatic heterocycles. The largest absolute Gasteiger partial charge is 0.469 e. The number of furan rings is 1. The van der Waals surface area contributed by atoms with Crippen LogP contribution >= 0.6 is 11.8 Å². The highest BCUT2D eigenvalue weighted by Gasteiger charge is 2.30. The molecule has 9 nitrogen and oxygen atoms in total. The van der Waals surface area contributed by atoms with Crippen molar-refractivity contribution in [3.8, 4) is 11.5 Å². The summed E-state index contributed by atoms with van der Waals surface area (Å²) < 4.78 is 50.5. The first-order chi connectivity index (χ1) is 14.8. The van der Waals surface area contributed by atoms with E-state index in [-0.39, 0.29) is 48.0 Å². The second-order valence-corrected chi connectivity index (χ2v) is 9.66. The molecule has 0 N–H and O–H groups in total. The second-order valence-electron chi connectivity index (χ2n) is 6.79. The van der Waals surface area contributed by atoms with E-state index in [0.29, 0.717) is 17.2 Å². The molecule has 1 aromatic carbocycles. The van der Waals surface area contributed by atoms with Crippen LogP contribution in [0.4, 0.5) is 4.39 Å². The Bertz CT molecular complexity index is 1170. The van der Waals surface area contributed by atoms with E-state index in [1.165, 1.54) is 22.7 Å². The number of aromatic nitrogens is 2. The average molecular weight is 467 g/mol. The van der Waals surface area contributed by atoms with Crippen LogP contribution in [0.25, 0.3) is 11.5 Å². The third kappa shape index (κ3) is 4.65. The molecule has 0 aliphatic carbocycles. The standard InChI is InChI=1S/C19H19FN4O5S2/c1-13-16(6-11-28-13)18-21-22-19(29-18)30-12-17(25)23-7-9-24(10-8-23)31(26,27)15-4-2-14(20)3-5-15/h2-6,11H,7-10,12H2,1H3. The predicted molar refractivity (Wildman–Crippen MR) is 109 cm³/mol. The molecule has 164 valence electrons. The second kappa shape index (κ2) is 8.81. The summed E-state index contributed by atoms with van der Waals surface area (Å²) >= 11 is 1.12. The minimum Gasteiger partial charge on any atom is -0.469 e. The number of sulfonamides is 1. The number of carbonyl (C=O) groups excluding carboxylic acids is 1. The molecule has 3 aromatic rings. The minimum absolute atomic E-state index is 0.0317. The SMILES string of the molecule is Cc1occc1-c1nnc(SCC(=O)N2CCN(S(=O)(=O)c3ccc(F)cc3)CC2)o1. The maximum atomic E-state index is 13.1. The quantitative estimate of drug-likeness (QED) is 0.510. The fraction of sp³-hybridized carbons (Fsp3) is 0.316. The Morgan fingerprint density at radius 1 is 1.13 bits per heavy atom. The van der Waals surface area contributed by atoms with Gasteiger partial charge in [-0.3, -0.25) is 4.79 Å². The molecule has 0 saturated carbocycles. The molecule has 0 spiro atoms. The molecule has 12 heteroatoms. The van der Waals surface area contributed by atoms with Gasteiger partial charge in [0.05, 0.1) is 22.5 Å². The maximum absolute atomic E-state index is 13.1. The highest BCUT2D eigenvalue weighted by Crippen LogP contribution is 2.26. The van der Waals surface area contributed by atoms with Gasteiger partial charge >= 0.3 is 0 Å². The number of aryl methyl sites for hydroxylation is 1. The van der Waals surface area contributed by atoms with Gasteiger partial charge in [-0.05, 0) is 37.3 Å². The first-order valence-electron chi connectivity index (χ1n) is 9.39. The van der Waals surface area contributed by atoms with Crippen LogP contribution in [0.3, 0.4) is 0 Å². The van der Waals surface area contributed by atoms with Crippen molar-refractivity contribution >= 4 is 27.7 Å². The van der Waals surface area contributed by atoms with Crippen LogP contribution in [0.5, 0.6) is 0 Å². The molecule has 0 atom stereocenters. The van der Waals surface area contributed by atoms with Gasteiger partial charge in [-0.25, -0.2) is 12.8 Å². The number of hydrogen-bond acceptors (Lipinski definition) is 8. The summed E-state index contributed by atoms with van der Waals surface area (Å²) in [4.78, 5) is 14.1. The van der Waals surface area contributed by atoms with Gasteiger partial charge in [-0.15, -0.1) is 10.2 Å². The zero-order valence-electron chi connectivity index (χ0n) is 16.5. The van der Waals surface area contributed by atoms with E-state index in [4.69, 9.17) is 8.83 Å². The molecule has 3 heterocycles. The molecule has 31 heavy (non-hydrogen) atoms. The van der Waals surface area contributed by atoms with Gasteiger partial charge in [-0.1, -0.05) is 11.8 Å². The van der Waals surface area contributed by atoms with Crippen LogP contribution in [-0.2, 0) is 14.8 Å². The fourth-order valence-corrected chi connectivity index (χ4v) is 5.22. The number of thioether (sulfide) groups is 1. The lowest BCUT2D eigenvalue weighted by Crippen LogP contribution is -2.50. The minimum atomic E-state index is -3.72. The average Bonchev–Trinajstić information content (AvgIpc) is 3.41. The van der Waals surface area contributed by atoms with Gasteiger partial charge in [0, 0.05) is 26.2 Å². The van der Waals surface area contributed by atoms with Gasteiger partial charge in [-0.2, -0.15) is 4.31 Å². The lowest BCUT2D eigenvalue weighted by Gasteiger charge is -2.33. The Morgan fingerprint density at radius 3 is 2.48 bits per heavy atom. The number of halogens is 1. The molecule has 1 amide bonds. The molecular weight excluding hydrogens is 447 g/mol. The van der Waals surface area contributed by atoms with Crippen molar-refractivity contribution in [3.05, 3.63) is 48.2 Å². The number of benzene rings is 1. The van der Waals surface area contributed by atoms with E-state index in [9.17, 15) is 17.6 Å². The Hall–Kier alpha value is -2.70. The van der Waals surface area contributed by atoms with E-state index < -0.39 is 15.8 Å². The Kier molecular flexibility index (Phi) is 6.12. The monoisotopic (exact) mass is 466 g/mol. The number of piperazine rings is 1. The van der Waals surface area contributed by atoms with Crippen LogP contribution in [0, 0.1) is 12.7 Å². The maximum Gasteiger partial charge on any atom is 0.277 e. The smallest absolute Gasteiger partial charge is 0.277 e. The van der Waals surface area contributed by atoms with Gasteiger partial charge in [0.15, 0.2) is 0 Å². The van der Waals surface area contributed by atoms with E-state index >= 15 is 0 Å². The molecule has 0 unspecified atom stereocenters. The zero-order chi connectivity index (χ0) is 22.0. The first-order valence-corrected chi connectivity index (χ1v) is 11.8. The predicted octanol–water partition coefficient (Wildman–Crippen LogP) is 2.40. The van der Waals surface area contributed by atoms with Crippen molar-refractivity contribution < 1.29 is 26.4 Å². The van der Waals surface area contributed by atoms with Crippen molar-refractivity contribution in [1.82, 2.24) is 19.4 Å². The lowest BCUT2D eigenvalue weighted by molar-refractivity contribution is -0.129. The molecule has 4 rings (SSSR count). The van der Waals surface area contributed by atoms with Crippen molar-refractivity contribution in [1.29, 1.82) is 0 Å². The zero-order valence-corrected chi connectivity index (χ0v) is 18.2. The third-order valence-electron chi connectivity index (χ3n) is 4.86. The summed E-state index contributed by atoms with van der Waals surface area (Å²) in [6, 6.07) is 6.42. The Morgan fingerprint density at radius 2 is 1.84 bits per heavy atom. The highest BCUT2D eigenvalue weighted by molar-refractivity contribution is 7.99. The van der Waals surface area contributed by atoms with E-state index in [1.807, 2.05) is 0 Å². The molecule has 1 fully saturated rings. The Labute approximate surface area is 182 Å². The molecule has 0 bridgehead atoms.